The van der Waals surface area contributed by atoms with Gasteiger partial charge in [0.2, 0.25) is 0 Å². The molecule has 0 atom stereocenters. The first kappa shape index (κ1) is 19.1. The third-order valence-electron chi connectivity index (χ3n) is 3.07. The Morgan fingerprint density at radius 2 is 1.67 bits per heavy atom. The van der Waals surface area contributed by atoms with Crippen LogP contribution < -0.4 is 0 Å². The van der Waals surface area contributed by atoms with Crippen LogP contribution in [0.25, 0.3) is 0 Å². The summed E-state index contributed by atoms with van der Waals surface area (Å²) in [5.41, 5.74) is -0.606. The summed E-state index contributed by atoms with van der Waals surface area (Å²) in [6.07, 6.45) is 0.192. The van der Waals surface area contributed by atoms with Gasteiger partial charge in [0.25, 0.3) is 0 Å². The standard InChI is InChI=1S/C15H24O6/c1-10(2)11(3)13(17)21-9-8-20-12(16)6-7-15(4,5)14(18)19/h10H,3,6-9H2,1-2,4-5H3,(H,18,19). The summed E-state index contributed by atoms with van der Waals surface area (Å²) in [5.74, 6) is -1.98. The number of rotatable bonds is 9. The zero-order valence-corrected chi connectivity index (χ0v) is 13.1. The number of carboxylic acids is 1. The van der Waals surface area contributed by atoms with Gasteiger partial charge in [-0.3, -0.25) is 9.59 Å². The predicted molar refractivity (Wildman–Crippen MR) is 76.5 cm³/mol. The van der Waals surface area contributed by atoms with Gasteiger partial charge in [0.15, 0.2) is 0 Å². The Hall–Kier alpha value is -1.85. The summed E-state index contributed by atoms with van der Waals surface area (Å²) >= 11 is 0. The van der Waals surface area contributed by atoms with Crippen LogP contribution >= 0.6 is 0 Å². The number of ether oxygens (including phenoxy) is 2. The average Bonchev–Trinajstić information content (AvgIpc) is 2.39. The van der Waals surface area contributed by atoms with Crippen molar-refractivity contribution in [1.82, 2.24) is 0 Å². The van der Waals surface area contributed by atoms with Gasteiger partial charge in [0.1, 0.15) is 13.2 Å². The van der Waals surface area contributed by atoms with E-state index in [1.807, 2.05) is 13.8 Å². The summed E-state index contributed by atoms with van der Waals surface area (Å²) in [4.78, 5) is 33.7. The highest BCUT2D eigenvalue weighted by Crippen LogP contribution is 2.22. The van der Waals surface area contributed by atoms with E-state index in [1.54, 1.807) is 13.8 Å². The van der Waals surface area contributed by atoms with Crippen LogP contribution in [0, 0.1) is 11.3 Å². The van der Waals surface area contributed by atoms with Gasteiger partial charge >= 0.3 is 17.9 Å². The first-order chi connectivity index (χ1) is 9.58. The first-order valence-electron chi connectivity index (χ1n) is 6.83. The van der Waals surface area contributed by atoms with Gasteiger partial charge < -0.3 is 14.6 Å². The fourth-order valence-electron chi connectivity index (χ4n) is 1.21. The highest BCUT2D eigenvalue weighted by molar-refractivity contribution is 5.88. The van der Waals surface area contributed by atoms with E-state index in [2.05, 4.69) is 6.58 Å². The topological polar surface area (TPSA) is 89.9 Å². The molecular formula is C15H24O6. The first-order valence-corrected chi connectivity index (χ1v) is 6.83. The quantitative estimate of drug-likeness (QED) is 0.399. The molecule has 0 bridgehead atoms. The molecule has 0 radical (unpaired) electrons. The molecule has 0 spiro atoms. The maximum Gasteiger partial charge on any atom is 0.333 e. The minimum Gasteiger partial charge on any atom is -0.481 e. The normalized spacial score (nSPS) is 11.1. The van der Waals surface area contributed by atoms with Gasteiger partial charge in [-0.05, 0) is 26.2 Å². The van der Waals surface area contributed by atoms with Crippen LogP contribution in [0.4, 0.5) is 0 Å². The Morgan fingerprint density at radius 1 is 1.14 bits per heavy atom. The van der Waals surface area contributed by atoms with Crippen LogP contribution in [-0.2, 0) is 23.9 Å². The van der Waals surface area contributed by atoms with E-state index in [0.717, 1.165) is 0 Å². The molecule has 0 fully saturated rings. The highest BCUT2D eigenvalue weighted by atomic mass is 16.6. The molecular weight excluding hydrogens is 276 g/mol. The van der Waals surface area contributed by atoms with Crippen molar-refractivity contribution >= 4 is 17.9 Å². The van der Waals surface area contributed by atoms with Crippen molar-refractivity contribution < 1.29 is 29.0 Å². The van der Waals surface area contributed by atoms with E-state index in [4.69, 9.17) is 14.6 Å². The number of esters is 2. The molecule has 0 aromatic rings. The van der Waals surface area contributed by atoms with E-state index in [-0.39, 0.29) is 32.0 Å². The minimum atomic E-state index is -0.972. The lowest BCUT2D eigenvalue weighted by atomic mass is 9.88. The molecule has 0 saturated heterocycles. The Balaban J connectivity index is 3.89. The van der Waals surface area contributed by atoms with Crippen LogP contribution in [0.3, 0.4) is 0 Å². The Labute approximate surface area is 125 Å². The average molecular weight is 300 g/mol. The Bertz CT molecular complexity index is 408. The van der Waals surface area contributed by atoms with Gasteiger partial charge in [-0.15, -0.1) is 0 Å². The van der Waals surface area contributed by atoms with E-state index >= 15 is 0 Å². The summed E-state index contributed by atoms with van der Waals surface area (Å²) in [7, 11) is 0. The van der Waals surface area contributed by atoms with Crippen molar-refractivity contribution in [3.8, 4) is 0 Å². The molecule has 1 N–H and O–H groups in total. The van der Waals surface area contributed by atoms with Gasteiger partial charge in [-0.1, -0.05) is 20.4 Å². The maximum absolute atomic E-state index is 11.4. The number of hydrogen-bond donors (Lipinski definition) is 1. The van der Waals surface area contributed by atoms with E-state index in [9.17, 15) is 14.4 Å². The highest BCUT2D eigenvalue weighted by Gasteiger charge is 2.27. The minimum absolute atomic E-state index is 0.00157. The second kappa shape index (κ2) is 8.44. The molecule has 21 heavy (non-hydrogen) atoms. The molecule has 120 valence electrons. The molecule has 0 heterocycles. The number of carbonyl (C=O) groups is 3. The van der Waals surface area contributed by atoms with Gasteiger partial charge in [-0.2, -0.15) is 0 Å². The molecule has 0 aliphatic rings. The molecule has 0 aromatic heterocycles. The van der Waals surface area contributed by atoms with Crippen molar-refractivity contribution in [3.63, 3.8) is 0 Å². The van der Waals surface area contributed by atoms with Gasteiger partial charge in [0.05, 0.1) is 5.41 Å². The number of carboxylic acid groups (broad SMARTS) is 1. The van der Waals surface area contributed by atoms with Crippen molar-refractivity contribution in [2.75, 3.05) is 13.2 Å². The summed E-state index contributed by atoms with van der Waals surface area (Å²) in [6.45, 7) is 10.2. The molecule has 0 rings (SSSR count). The lowest BCUT2D eigenvalue weighted by Crippen LogP contribution is -2.25. The summed E-state index contributed by atoms with van der Waals surface area (Å²) < 4.78 is 9.76. The largest absolute Gasteiger partial charge is 0.481 e. The predicted octanol–water partition coefficient (Wildman–Crippen LogP) is 2.18. The third-order valence-corrected chi connectivity index (χ3v) is 3.07. The lowest BCUT2D eigenvalue weighted by molar-refractivity contribution is -0.152. The van der Waals surface area contributed by atoms with Gasteiger partial charge in [0, 0.05) is 12.0 Å². The van der Waals surface area contributed by atoms with Crippen LogP contribution in [0.15, 0.2) is 12.2 Å². The van der Waals surface area contributed by atoms with Crippen LogP contribution in [0.1, 0.15) is 40.5 Å². The SMILES string of the molecule is C=C(C(=O)OCCOC(=O)CCC(C)(C)C(=O)O)C(C)C. The molecule has 0 amide bonds. The van der Waals surface area contributed by atoms with Crippen molar-refractivity contribution in [2.24, 2.45) is 11.3 Å². The van der Waals surface area contributed by atoms with Crippen molar-refractivity contribution in [2.45, 2.75) is 40.5 Å². The lowest BCUT2D eigenvalue weighted by Gasteiger charge is -2.18. The molecule has 0 unspecified atom stereocenters. The maximum atomic E-state index is 11.4. The summed E-state index contributed by atoms with van der Waals surface area (Å²) in [5, 5.41) is 8.91. The van der Waals surface area contributed by atoms with E-state index in [0.29, 0.717) is 5.57 Å². The number of carbonyl (C=O) groups excluding carboxylic acids is 2. The molecule has 0 aliphatic heterocycles. The second-order valence-electron chi connectivity index (χ2n) is 5.73. The Morgan fingerprint density at radius 3 is 2.14 bits per heavy atom. The van der Waals surface area contributed by atoms with Crippen LogP contribution in [-0.4, -0.2) is 36.2 Å². The monoisotopic (exact) mass is 300 g/mol. The summed E-state index contributed by atoms with van der Waals surface area (Å²) in [6, 6.07) is 0. The Kier molecular flexibility index (Phi) is 7.70. The number of hydrogen-bond acceptors (Lipinski definition) is 5. The molecule has 0 aromatic carbocycles. The van der Waals surface area contributed by atoms with E-state index < -0.39 is 23.3 Å². The van der Waals surface area contributed by atoms with Crippen molar-refractivity contribution in [1.29, 1.82) is 0 Å². The molecule has 0 aliphatic carbocycles. The third kappa shape index (κ3) is 7.48. The fraction of sp³-hybridized carbons (Fsp3) is 0.667. The molecule has 0 saturated carbocycles. The fourth-order valence-corrected chi connectivity index (χ4v) is 1.21. The van der Waals surface area contributed by atoms with E-state index in [1.165, 1.54) is 0 Å². The molecule has 6 heteroatoms. The van der Waals surface area contributed by atoms with Crippen LogP contribution in [0.5, 0.6) is 0 Å². The number of aliphatic carboxylic acids is 1. The molecule has 6 nitrogen and oxygen atoms in total. The van der Waals surface area contributed by atoms with Crippen molar-refractivity contribution in [3.05, 3.63) is 12.2 Å². The zero-order valence-electron chi connectivity index (χ0n) is 13.1. The smallest absolute Gasteiger partial charge is 0.333 e. The second-order valence-corrected chi connectivity index (χ2v) is 5.73. The van der Waals surface area contributed by atoms with Crippen LogP contribution in [0.2, 0.25) is 0 Å². The van der Waals surface area contributed by atoms with Gasteiger partial charge in [-0.25, -0.2) is 4.79 Å². The zero-order chi connectivity index (χ0) is 16.6.